The number of hydrogen-bond donors (Lipinski definition) is 2. The zero-order valence-corrected chi connectivity index (χ0v) is 8.29. The molecule has 11 heavy (non-hydrogen) atoms. The maximum absolute atomic E-state index is 4.92. The Bertz CT molecular complexity index is 116. The van der Waals surface area contributed by atoms with E-state index in [-0.39, 0.29) is 0 Å². The fourth-order valence-electron chi connectivity index (χ4n) is 0.680. The molecule has 66 valence electrons. The van der Waals surface area contributed by atoms with Gasteiger partial charge in [0.2, 0.25) is 0 Å². The first kappa shape index (κ1) is 10.7. The molecular formula is C7H17N3S. The molecule has 0 aliphatic carbocycles. The van der Waals surface area contributed by atoms with Crippen LogP contribution in [-0.2, 0) is 0 Å². The first-order valence-electron chi connectivity index (χ1n) is 3.90. The van der Waals surface area contributed by atoms with Crippen LogP contribution in [0.5, 0.6) is 0 Å². The first-order chi connectivity index (χ1) is 5.20. The molecule has 0 heterocycles. The van der Waals surface area contributed by atoms with Gasteiger partial charge in [-0.1, -0.05) is 13.3 Å². The van der Waals surface area contributed by atoms with Crippen LogP contribution in [0, 0.1) is 0 Å². The lowest BCUT2D eigenvalue weighted by molar-refractivity contribution is 0.286. The van der Waals surface area contributed by atoms with Crippen molar-refractivity contribution in [3.63, 3.8) is 0 Å². The number of thiocarbonyl (C=S) groups is 1. The van der Waals surface area contributed by atoms with E-state index in [2.05, 4.69) is 17.7 Å². The molecule has 0 aromatic carbocycles. The Morgan fingerprint density at radius 2 is 2.18 bits per heavy atom. The molecule has 0 saturated heterocycles. The van der Waals surface area contributed by atoms with E-state index in [4.69, 9.17) is 12.2 Å². The van der Waals surface area contributed by atoms with Crippen LogP contribution in [0.4, 0.5) is 0 Å². The van der Waals surface area contributed by atoms with Gasteiger partial charge in [0, 0.05) is 20.6 Å². The van der Waals surface area contributed by atoms with Crippen molar-refractivity contribution in [3.05, 3.63) is 0 Å². The van der Waals surface area contributed by atoms with Gasteiger partial charge in [0.05, 0.1) is 0 Å². The topological polar surface area (TPSA) is 27.3 Å². The molecule has 0 aromatic rings. The number of hydrazine groups is 1. The van der Waals surface area contributed by atoms with Gasteiger partial charge in [-0.15, -0.1) is 0 Å². The average Bonchev–Trinajstić information content (AvgIpc) is 2.00. The van der Waals surface area contributed by atoms with Gasteiger partial charge in [0.1, 0.15) is 0 Å². The van der Waals surface area contributed by atoms with Gasteiger partial charge in [-0.05, 0) is 18.6 Å². The first-order valence-corrected chi connectivity index (χ1v) is 4.31. The van der Waals surface area contributed by atoms with Crippen molar-refractivity contribution in [1.29, 1.82) is 0 Å². The van der Waals surface area contributed by atoms with Crippen molar-refractivity contribution in [2.24, 2.45) is 0 Å². The third-order valence-corrected chi connectivity index (χ3v) is 1.66. The summed E-state index contributed by atoms with van der Waals surface area (Å²) in [6.07, 6.45) is 2.40. The summed E-state index contributed by atoms with van der Waals surface area (Å²) < 4.78 is 0. The summed E-state index contributed by atoms with van der Waals surface area (Å²) in [7, 11) is 3.79. The second kappa shape index (κ2) is 6.37. The maximum Gasteiger partial charge on any atom is 0.180 e. The summed E-state index contributed by atoms with van der Waals surface area (Å²) in [5.74, 6) is 0. The SMILES string of the molecule is CCCCN(C)NC(=S)NC. The van der Waals surface area contributed by atoms with Gasteiger partial charge in [-0.25, -0.2) is 5.01 Å². The van der Waals surface area contributed by atoms with Gasteiger partial charge < -0.3 is 5.32 Å². The number of unbranched alkanes of at least 4 members (excludes halogenated alkanes) is 1. The van der Waals surface area contributed by atoms with Crippen LogP contribution in [0.15, 0.2) is 0 Å². The van der Waals surface area contributed by atoms with Crippen molar-refractivity contribution >= 4 is 17.3 Å². The van der Waals surface area contributed by atoms with Crippen LogP contribution in [0.3, 0.4) is 0 Å². The molecule has 0 aromatic heterocycles. The molecule has 0 spiro atoms. The number of hydrogen-bond acceptors (Lipinski definition) is 2. The highest BCUT2D eigenvalue weighted by Crippen LogP contribution is 1.87. The minimum absolute atomic E-state index is 0.670. The van der Waals surface area contributed by atoms with Crippen LogP contribution < -0.4 is 10.7 Å². The third kappa shape index (κ3) is 6.06. The lowest BCUT2D eigenvalue weighted by atomic mass is 10.3. The fourth-order valence-corrected chi connectivity index (χ4v) is 0.836. The van der Waals surface area contributed by atoms with Crippen LogP contribution in [0.25, 0.3) is 0 Å². The Balaban J connectivity index is 3.35. The molecule has 0 bridgehead atoms. The molecule has 0 atom stereocenters. The third-order valence-electron chi connectivity index (χ3n) is 1.37. The van der Waals surface area contributed by atoms with E-state index in [0.717, 1.165) is 6.54 Å². The zero-order chi connectivity index (χ0) is 8.69. The lowest BCUT2D eigenvalue weighted by Crippen LogP contribution is -2.44. The van der Waals surface area contributed by atoms with Crippen molar-refractivity contribution in [3.8, 4) is 0 Å². The molecule has 0 amide bonds. The Morgan fingerprint density at radius 3 is 2.64 bits per heavy atom. The van der Waals surface area contributed by atoms with E-state index in [0.29, 0.717) is 5.11 Å². The smallest absolute Gasteiger partial charge is 0.180 e. The standard InChI is InChI=1S/C7H17N3S/c1-4-5-6-10(3)9-7(11)8-2/h4-6H2,1-3H3,(H2,8,9,11). The fraction of sp³-hybridized carbons (Fsp3) is 0.857. The molecule has 0 aliphatic heterocycles. The Hall–Kier alpha value is -0.350. The van der Waals surface area contributed by atoms with E-state index in [9.17, 15) is 0 Å². The number of rotatable bonds is 4. The Kier molecular flexibility index (Phi) is 6.16. The van der Waals surface area contributed by atoms with Gasteiger partial charge >= 0.3 is 0 Å². The minimum Gasteiger partial charge on any atom is -0.365 e. The Morgan fingerprint density at radius 1 is 1.55 bits per heavy atom. The second-order valence-corrected chi connectivity index (χ2v) is 2.87. The van der Waals surface area contributed by atoms with Crippen LogP contribution in [-0.4, -0.2) is 30.8 Å². The molecule has 0 saturated carbocycles. The van der Waals surface area contributed by atoms with Crippen molar-refractivity contribution < 1.29 is 0 Å². The van der Waals surface area contributed by atoms with Gasteiger partial charge in [-0.3, -0.25) is 5.43 Å². The van der Waals surface area contributed by atoms with Gasteiger partial charge in [0.25, 0.3) is 0 Å². The molecule has 3 nitrogen and oxygen atoms in total. The maximum atomic E-state index is 4.92. The van der Waals surface area contributed by atoms with Crippen LogP contribution in [0.1, 0.15) is 19.8 Å². The number of nitrogens with one attached hydrogen (secondary N) is 2. The second-order valence-electron chi connectivity index (χ2n) is 2.47. The molecule has 0 rings (SSSR count). The van der Waals surface area contributed by atoms with Gasteiger partial charge in [-0.2, -0.15) is 0 Å². The molecule has 2 N–H and O–H groups in total. The Labute approximate surface area is 74.1 Å². The molecule has 0 unspecified atom stereocenters. The van der Waals surface area contributed by atoms with Crippen LogP contribution >= 0.6 is 12.2 Å². The summed E-state index contributed by atoms with van der Waals surface area (Å²) >= 11 is 4.92. The summed E-state index contributed by atoms with van der Waals surface area (Å²) in [6.45, 7) is 3.20. The molecule has 0 radical (unpaired) electrons. The summed E-state index contributed by atoms with van der Waals surface area (Å²) in [4.78, 5) is 0. The molecule has 0 aliphatic rings. The van der Waals surface area contributed by atoms with E-state index in [1.165, 1.54) is 12.8 Å². The monoisotopic (exact) mass is 175 g/mol. The van der Waals surface area contributed by atoms with E-state index in [1.54, 1.807) is 0 Å². The minimum atomic E-state index is 0.670. The molecule has 0 fully saturated rings. The zero-order valence-electron chi connectivity index (χ0n) is 7.48. The summed E-state index contributed by atoms with van der Waals surface area (Å²) in [6, 6.07) is 0. The van der Waals surface area contributed by atoms with Crippen molar-refractivity contribution in [1.82, 2.24) is 15.8 Å². The van der Waals surface area contributed by atoms with E-state index < -0.39 is 0 Å². The van der Waals surface area contributed by atoms with E-state index in [1.807, 2.05) is 19.1 Å². The summed E-state index contributed by atoms with van der Waals surface area (Å²) in [5.41, 5.74) is 3.02. The number of nitrogens with zero attached hydrogens (tertiary/aromatic N) is 1. The highest BCUT2D eigenvalue weighted by Gasteiger charge is 1.96. The highest BCUT2D eigenvalue weighted by atomic mass is 32.1. The normalized spacial score (nSPS) is 9.82. The highest BCUT2D eigenvalue weighted by molar-refractivity contribution is 7.80. The van der Waals surface area contributed by atoms with Crippen molar-refractivity contribution in [2.45, 2.75) is 19.8 Å². The largest absolute Gasteiger partial charge is 0.365 e. The quantitative estimate of drug-likeness (QED) is 0.486. The summed E-state index contributed by atoms with van der Waals surface area (Å²) in [5, 5.41) is 5.51. The van der Waals surface area contributed by atoms with Crippen molar-refractivity contribution in [2.75, 3.05) is 20.6 Å². The predicted octanol–water partition coefficient (Wildman–Crippen LogP) is 0.727. The predicted molar refractivity (Wildman–Crippen MR) is 52.3 cm³/mol. The van der Waals surface area contributed by atoms with E-state index >= 15 is 0 Å². The average molecular weight is 175 g/mol. The van der Waals surface area contributed by atoms with Crippen LogP contribution in [0.2, 0.25) is 0 Å². The lowest BCUT2D eigenvalue weighted by Gasteiger charge is -2.18. The van der Waals surface area contributed by atoms with Gasteiger partial charge in [0.15, 0.2) is 5.11 Å². The molecular weight excluding hydrogens is 158 g/mol. The molecule has 4 heteroatoms.